The number of aliphatic imine (C=N–C) groups is 1. The zero-order valence-corrected chi connectivity index (χ0v) is 20.0. The monoisotopic (exact) mass is 509 g/mol. The predicted molar refractivity (Wildman–Crippen MR) is 126 cm³/mol. The maximum Gasteiger partial charge on any atom is 0.191 e. The predicted octanol–water partition coefficient (Wildman–Crippen LogP) is 3.10. The number of methoxy groups -OCH3 is 1. The number of benzene rings is 1. The summed E-state index contributed by atoms with van der Waals surface area (Å²) in [4.78, 5) is 6.64. The number of hydrogen-bond donors (Lipinski definition) is 3. The van der Waals surface area contributed by atoms with E-state index in [2.05, 4.69) is 46.6 Å². The fourth-order valence-electron chi connectivity index (χ4n) is 3.01. The summed E-state index contributed by atoms with van der Waals surface area (Å²) in [6, 6.07) is 6.07. The number of hydrogen-bond acceptors (Lipinski definition) is 4. The maximum atomic E-state index is 6.17. The third-order valence-corrected chi connectivity index (χ3v) is 4.54. The van der Waals surface area contributed by atoms with E-state index in [-0.39, 0.29) is 29.5 Å². The molecule has 8 heteroatoms. The van der Waals surface area contributed by atoms with Crippen LogP contribution in [0.15, 0.2) is 23.2 Å². The first kappa shape index (κ1) is 24.1. The Kier molecular flexibility index (Phi) is 9.97. The second kappa shape index (κ2) is 11.2. The van der Waals surface area contributed by atoms with Gasteiger partial charge in [0.1, 0.15) is 5.75 Å². The van der Waals surface area contributed by atoms with Gasteiger partial charge in [0.2, 0.25) is 0 Å². The van der Waals surface area contributed by atoms with E-state index in [9.17, 15) is 0 Å². The maximum absolute atomic E-state index is 6.17. The molecule has 1 aromatic rings. The largest absolute Gasteiger partial charge is 0.495 e. The van der Waals surface area contributed by atoms with Crippen molar-refractivity contribution in [3.63, 3.8) is 0 Å². The molecule has 6 nitrogen and oxygen atoms in total. The van der Waals surface area contributed by atoms with E-state index < -0.39 is 0 Å². The molecule has 0 saturated carbocycles. The molecule has 1 unspecified atom stereocenters. The first-order valence-corrected chi connectivity index (χ1v) is 9.51. The highest BCUT2D eigenvalue weighted by molar-refractivity contribution is 14.0. The van der Waals surface area contributed by atoms with Crippen molar-refractivity contribution in [3.8, 4) is 5.75 Å². The highest BCUT2D eigenvalue weighted by Gasteiger charge is 2.25. The van der Waals surface area contributed by atoms with Crippen LogP contribution in [0.25, 0.3) is 0 Å². The molecule has 154 valence electrons. The normalized spacial score (nSPS) is 17.5. The average Bonchev–Trinajstić information content (AvgIpc) is 3.05. The lowest BCUT2D eigenvalue weighted by atomic mass is 10.1. The molecule has 1 aliphatic rings. The molecular formula is C19H33ClIN5O. The van der Waals surface area contributed by atoms with Crippen molar-refractivity contribution in [1.82, 2.24) is 16.0 Å². The number of halogens is 2. The molecule has 1 fully saturated rings. The van der Waals surface area contributed by atoms with Gasteiger partial charge in [0.05, 0.1) is 12.8 Å². The van der Waals surface area contributed by atoms with E-state index >= 15 is 0 Å². The lowest BCUT2D eigenvalue weighted by Gasteiger charge is -2.23. The summed E-state index contributed by atoms with van der Waals surface area (Å²) in [6.45, 7) is 10.1. The number of rotatable bonds is 6. The van der Waals surface area contributed by atoms with E-state index in [4.69, 9.17) is 16.3 Å². The topological polar surface area (TPSA) is 60.9 Å². The van der Waals surface area contributed by atoms with Crippen LogP contribution < -0.4 is 25.6 Å². The summed E-state index contributed by atoms with van der Waals surface area (Å²) in [7, 11) is 3.50. The Labute approximate surface area is 185 Å². The molecule has 2 rings (SSSR count). The third-order valence-electron chi connectivity index (χ3n) is 4.31. The quantitative estimate of drug-likeness (QED) is 0.238. The van der Waals surface area contributed by atoms with Crippen LogP contribution in [0.2, 0.25) is 5.02 Å². The molecule has 1 heterocycles. The Morgan fingerprint density at radius 1 is 1.33 bits per heavy atom. The Morgan fingerprint density at radius 3 is 2.70 bits per heavy atom. The van der Waals surface area contributed by atoms with Crippen LogP contribution in [0.5, 0.6) is 5.75 Å². The van der Waals surface area contributed by atoms with Crippen LogP contribution in [-0.2, 0) is 0 Å². The van der Waals surface area contributed by atoms with Gasteiger partial charge >= 0.3 is 0 Å². The third kappa shape index (κ3) is 7.91. The Bertz CT molecular complexity index is 621. The van der Waals surface area contributed by atoms with Gasteiger partial charge in [0.15, 0.2) is 5.96 Å². The summed E-state index contributed by atoms with van der Waals surface area (Å²) in [5, 5.41) is 11.1. The summed E-state index contributed by atoms with van der Waals surface area (Å²) in [6.07, 6.45) is 1.04. The lowest BCUT2D eigenvalue weighted by molar-refractivity contribution is 0.415. The second-order valence-corrected chi connectivity index (χ2v) is 8.00. The van der Waals surface area contributed by atoms with Crippen LogP contribution in [0.1, 0.15) is 27.2 Å². The van der Waals surface area contributed by atoms with Crippen molar-refractivity contribution in [1.29, 1.82) is 0 Å². The fraction of sp³-hybridized carbons (Fsp3) is 0.632. The van der Waals surface area contributed by atoms with E-state index in [0.29, 0.717) is 6.04 Å². The van der Waals surface area contributed by atoms with E-state index in [1.54, 1.807) is 14.2 Å². The summed E-state index contributed by atoms with van der Waals surface area (Å²) >= 11 is 6.17. The first-order chi connectivity index (χ1) is 12.3. The summed E-state index contributed by atoms with van der Waals surface area (Å²) in [5.74, 6) is 1.69. The highest BCUT2D eigenvalue weighted by atomic mass is 127. The average molecular weight is 510 g/mol. The van der Waals surface area contributed by atoms with Gasteiger partial charge in [-0.25, -0.2) is 0 Å². The van der Waals surface area contributed by atoms with Gasteiger partial charge in [0.25, 0.3) is 0 Å². The van der Waals surface area contributed by atoms with Crippen LogP contribution >= 0.6 is 35.6 Å². The molecule has 0 aliphatic carbocycles. The molecule has 0 aromatic heterocycles. The van der Waals surface area contributed by atoms with Gasteiger partial charge < -0.3 is 25.6 Å². The van der Waals surface area contributed by atoms with Crippen molar-refractivity contribution in [2.75, 3.05) is 45.2 Å². The lowest BCUT2D eigenvalue weighted by Crippen LogP contribution is -2.47. The number of nitrogens with zero attached hydrogens (tertiary/aromatic N) is 2. The molecule has 1 atom stereocenters. The minimum atomic E-state index is 0. The zero-order valence-electron chi connectivity index (χ0n) is 16.9. The van der Waals surface area contributed by atoms with E-state index in [1.165, 1.54) is 0 Å². The Hall–Kier alpha value is -0.930. The van der Waals surface area contributed by atoms with E-state index in [0.717, 1.165) is 55.0 Å². The minimum absolute atomic E-state index is 0. The molecule has 1 saturated heterocycles. The first-order valence-electron chi connectivity index (χ1n) is 9.13. The molecule has 3 N–H and O–H groups in total. The van der Waals surface area contributed by atoms with Crippen LogP contribution in [0.3, 0.4) is 0 Å². The molecule has 0 radical (unpaired) electrons. The molecule has 1 aliphatic heterocycles. The van der Waals surface area contributed by atoms with Gasteiger partial charge in [-0.15, -0.1) is 24.0 Å². The van der Waals surface area contributed by atoms with Crippen LogP contribution in [-0.4, -0.2) is 57.9 Å². The van der Waals surface area contributed by atoms with Crippen molar-refractivity contribution in [2.45, 2.75) is 38.8 Å². The van der Waals surface area contributed by atoms with Gasteiger partial charge in [-0.2, -0.15) is 0 Å². The number of ether oxygens (including phenoxy) is 1. The van der Waals surface area contributed by atoms with Crippen molar-refractivity contribution in [2.24, 2.45) is 4.99 Å². The highest BCUT2D eigenvalue weighted by Crippen LogP contribution is 2.33. The molecule has 0 spiro atoms. The van der Waals surface area contributed by atoms with Gasteiger partial charge in [-0.3, -0.25) is 4.99 Å². The van der Waals surface area contributed by atoms with Gasteiger partial charge in [0, 0.05) is 49.8 Å². The second-order valence-electron chi connectivity index (χ2n) is 7.57. The number of nitrogens with one attached hydrogen (secondary N) is 3. The minimum Gasteiger partial charge on any atom is -0.495 e. The van der Waals surface area contributed by atoms with E-state index in [1.807, 2.05) is 18.2 Å². The van der Waals surface area contributed by atoms with Crippen LogP contribution in [0.4, 0.5) is 5.69 Å². The molecule has 0 amide bonds. The standard InChI is InChI=1S/C19H32ClN5O.HI/c1-19(2,3)23-10-9-22-18(21-4)24-15-8-11-25(13-15)16-12-14(20)6-7-17(16)26-5;/h6-7,12,15,23H,8-11,13H2,1-5H3,(H2,21,22,24);1H. The van der Waals surface area contributed by atoms with Crippen molar-refractivity contribution in [3.05, 3.63) is 23.2 Å². The Morgan fingerprint density at radius 2 is 2.07 bits per heavy atom. The van der Waals surface area contributed by atoms with Crippen molar-refractivity contribution < 1.29 is 4.74 Å². The van der Waals surface area contributed by atoms with Gasteiger partial charge in [-0.1, -0.05) is 11.6 Å². The summed E-state index contributed by atoms with van der Waals surface area (Å²) < 4.78 is 5.48. The van der Waals surface area contributed by atoms with Gasteiger partial charge in [-0.05, 0) is 45.4 Å². The molecule has 27 heavy (non-hydrogen) atoms. The summed E-state index contributed by atoms with van der Waals surface area (Å²) in [5.41, 5.74) is 1.17. The SMILES string of the molecule is CN=C(NCCNC(C)(C)C)NC1CCN(c2cc(Cl)ccc2OC)C1.I. The van der Waals surface area contributed by atoms with Crippen molar-refractivity contribution >= 4 is 47.2 Å². The molecular weight excluding hydrogens is 477 g/mol. The Balaban J connectivity index is 0.00000364. The number of anilines is 1. The molecule has 0 bridgehead atoms. The molecule has 1 aromatic carbocycles. The smallest absolute Gasteiger partial charge is 0.191 e. The number of guanidine groups is 1. The van der Waals surface area contributed by atoms with Crippen LogP contribution in [0, 0.1) is 0 Å². The fourth-order valence-corrected chi connectivity index (χ4v) is 3.18. The zero-order chi connectivity index (χ0) is 19.2.